The summed E-state index contributed by atoms with van der Waals surface area (Å²) in [6.07, 6.45) is 5.50. The highest BCUT2D eigenvalue weighted by Crippen LogP contribution is 2.31. The molecule has 1 amide bonds. The van der Waals surface area contributed by atoms with Gasteiger partial charge in [-0.15, -0.1) is 0 Å². The molecule has 1 aliphatic rings. The van der Waals surface area contributed by atoms with Crippen molar-refractivity contribution in [2.75, 3.05) is 0 Å². The summed E-state index contributed by atoms with van der Waals surface area (Å²) in [4.78, 5) is 16.9. The van der Waals surface area contributed by atoms with E-state index in [0.29, 0.717) is 18.1 Å². The van der Waals surface area contributed by atoms with E-state index >= 15 is 0 Å². The normalized spacial score (nSPS) is 23.9. The Kier molecular flexibility index (Phi) is 4.71. The van der Waals surface area contributed by atoms with E-state index in [-0.39, 0.29) is 11.8 Å². The van der Waals surface area contributed by atoms with E-state index in [4.69, 9.17) is 10.2 Å². The Morgan fingerprint density at radius 1 is 1.38 bits per heavy atom. The Morgan fingerprint density at radius 3 is 2.83 bits per heavy atom. The lowest BCUT2D eigenvalue weighted by atomic mass is 9.74. The van der Waals surface area contributed by atoms with Crippen molar-refractivity contribution in [3.05, 3.63) is 41.8 Å². The van der Waals surface area contributed by atoms with Gasteiger partial charge in [0.15, 0.2) is 0 Å². The minimum atomic E-state index is -0.417. The van der Waals surface area contributed by atoms with Gasteiger partial charge in [0.2, 0.25) is 11.8 Å². The minimum absolute atomic E-state index is 0.0135. The number of nitrogens with two attached hydrogens (primary N) is 1. The molecule has 5 heteroatoms. The third kappa shape index (κ3) is 3.67. The quantitative estimate of drug-likeness (QED) is 0.904. The summed E-state index contributed by atoms with van der Waals surface area (Å²) in [5, 5.41) is 2.96. The van der Waals surface area contributed by atoms with Gasteiger partial charge in [-0.25, -0.2) is 4.98 Å². The molecule has 0 aliphatic heterocycles. The second kappa shape index (κ2) is 6.77. The number of carbonyl (C=O) groups is 1. The van der Waals surface area contributed by atoms with Gasteiger partial charge in [-0.3, -0.25) is 4.79 Å². The molecule has 3 N–H and O–H groups in total. The van der Waals surface area contributed by atoms with Crippen LogP contribution in [-0.4, -0.2) is 16.4 Å². The Labute approximate surface area is 142 Å². The molecule has 3 rings (SSSR count). The molecular weight excluding hydrogens is 302 g/mol. The zero-order valence-electron chi connectivity index (χ0n) is 14.3. The fourth-order valence-electron chi connectivity index (χ4n) is 3.31. The van der Waals surface area contributed by atoms with Crippen LogP contribution in [0.2, 0.25) is 0 Å². The largest absolute Gasteiger partial charge is 0.444 e. The number of benzene rings is 1. The monoisotopic (exact) mass is 327 g/mol. The fourth-order valence-corrected chi connectivity index (χ4v) is 3.31. The molecule has 1 saturated carbocycles. The van der Waals surface area contributed by atoms with Crippen LogP contribution in [0.15, 0.2) is 34.9 Å². The number of nitrogens with zero attached hydrogens (tertiary/aromatic N) is 1. The number of hydrogen-bond donors (Lipinski definition) is 2. The molecule has 2 atom stereocenters. The maximum atomic E-state index is 12.5. The van der Waals surface area contributed by atoms with Crippen LogP contribution in [0, 0.1) is 12.8 Å². The molecule has 5 nitrogen and oxygen atoms in total. The summed E-state index contributed by atoms with van der Waals surface area (Å²) in [6, 6.07) is 8.00. The van der Waals surface area contributed by atoms with Gasteiger partial charge >= 0.3 is 0 Å². The first-order valence-electron chi connectivity index (χ1n) is 8.54. The van der Waals surface area contributed by atoms with Crippen molar-refractivity contribution in [3.8, 4) is 11.5 Å². The van der Waals surface area contributed by atoms with E-state index in [0.717, 1.165) is 31.2 Å². The molecule has 1 fully saturated rings. The predicted octanol–water partition coefficient (Wildman–Crippen LogP) is 3.17. The lowest BCUT2D eigenvalue weighted by molar-refractivity contribution is -0.128. The van der Waals surface area contributed by atoms with Gasteiger partial charge in [-0.05, 0) is 38.8 Å². The molecule has 0 spiro atoms. The van der Waals surface area contributed by atoms with E-state index in [1.807, 2.05) is 38.1 Å². The van der Waals surface area contributed by atoms with Crippen molar-refractivity contribution < 1.29 is 9.21 Å². The van der Waals surface area contributed by atoms with Crippen molar-refractivity contribution in [1.82, 2.24) is 10.3 Å². The Morgan fingerprint density at radius 2 is 2.12 bits per heavy atom. The van der Waals surface area contributed by atoms with Crippen LogP contribution in [0.4, 0.5) is 0 Å². The zero-order valence-corrected chi connectivity index (χ0v) is 14.3. The summed E-state index contributed by atoms with van der Waals surface area (Å²) < 4.78 is 5.52. The van der Waals surface area contributed by atoms with E-state index < -0.39 is 5.54 Å². The first-order chi connectivity index (χ1) is 11.5. The van der Waals surface area contributed by atoms with Crippen LogP contribution in [0.5, 0.6) is 0 Å². The smallest absolute Gasteiger partial charge is 0.226 e. The number of rotatable bonds is 4. The molecule has 0 radical (unpaired) electrons. The molecule has 24 heavy (non-hydrogen) atoms. The number of hydrogen-bond acceptors (Lipinski definition) is 4. The highest BCUT2D eigenvalue weighted by Gasteiger charge is 2.37. The third-order valence-electron chi connectivity index (χ3n) is 4.86. The minimum Gasteiger partial charge on any atom is -0.444 e. The van der Waals surface area contributed by atoms with Gasteiger partial charge in [0.25, 0.3) is 0 Å². The van der Waals surface area contributed by atoms with Crippen molar-refractivity contribution in [3.63, 3.8) is 0 Å². The molecule has 2 aromatic rings. The van der Waals surface area contributed by atoms with Crippen molar-refractivity contribution in [2.45, 2.75) is 51.6 Å². The van der Waals surface area contributed by atoms with Crippen LogP contribution < -0.4 is 11.1 Å². The molecule has 1 aliphatic carbocycles. The zero-order chi connectivity index (χ0) is 17.2. The number of nitrogens with one attached hydrogen (secondary N) is 1. The van der Waals surface area contributed by atoms with Crippen LogP contribution in [-0.2, 0) is 11.3 Å². The van der Waals surface area contributed by atoms with Gasteiger partial charge in [0.05, 0.1) is 18.2 Å². The Bertz CT molecular complexity index is 704. The predicted molar refractivity (Wildman–Crippen MR) is 93.1 cm³/mol. The first kappa shape index (κ1) is 16.7. The van der Waals surface area contributed by atoms with Gasteiger partial charge in [-0.2, -0.15) is 0 Å². The van der Waals surface area contributed by atoms with E-state index in [2.05, 4.69) is 10.3 Å². The second-order valence-electron chi connectivity index (χ2n) is 7.03. The van der Waals surface area contributed by atoms with Gasteiger partial charge < -0.3 is 15.5 Å². The second-order valence-corrected chi connectivity index (χ2v) is 7.03. The maximum absolute atomic E-state index is 12.5. The lowest BCUT2D eigenvalue weighted by Crippen LogP contribution is -2.52. The number of aryl methyl sites for hydroxylation is 1. The SMILES string of the molecule is Cc1ccc(-c2nc(CNC(=O)C3CCCCC3(C)N)co2)cc1. The summed E-state index contributed by atoms with van der Waals surface area (Å²) in [5.41, 5.74) is 8.71. The molecule has 0 bridgehead atoms. The van der Waals surface area contributed by atoms with Gasteiger partial charge in [-0.1, -0.05) is 30.5 Å². The highest BCUT2D eigenvalue weighted by atomic mass is 16.3. The van der Waals surface area contributed by atoms with Gasteiger partial charge in [0.1, 0.15) is 6.26 Å². The first-order valence-corrected chi connectivity index (χ1v) is 8.54. The fraction of sp³-hybridized carbons (Fsp3) is 0.474. The van der Waals surface area contributed by atoms with Crippen LogP contribution in [0.25, 0.3) is 11.5 Å². The Balaban J connectivity index is 1.61. The van der Waals surface area contributed by atoms with Crippen LogP contribution >= 0.6 is 0 Å². The molecule has 1 heterocycles. The number of carbonyl (C=O) groups excluding carboxylic acids is 1. The molecule has 128 valence electrons. The molecule has 2 unspecified atom stereocenters. The molecule has 1 aromatic carbocycles. The van der Waals surface area contributed by atoms with Gasteiger partial charge in [0, 0.05) is 11.1 Å². The highest BCUT2D eigenvalue weighted by molar-refractivity contribution is 5.80. The molecular formula is C19H25N3O2. The Hall–Kier alpha value is -2.14. The lowest BCUT2D eigenvalue weighted by Gasteiger charge is -2.37. The summed E-state index contributed by atoms with van der Waals surface area (Å²) >= 11 is 0. The van der Waals surface area contributed by atoms with Crippen molar-refractivity contribution in [1.29, 1.82) is 0 Å². The van der Waals surface area contributed by atoms with Crippen molar-refractivity contribution in [2.24, 2.45) is 11.7 Å². The maximum Gasteiger partial charge on any atom is 0.226 e. The van der Waals surface area contributed by atoms with E-state index in [1.54, 1.807) is 6.26 Å². The average Bonchev–Trinajstić information content (AvgIpc) is 3.02. The summed E-state index contributed by atoms with van der Waals surface area (Å²) in [6.45, 7) is 4.37. The van der Waals surface area contributed by atoms with Crippen molar-refractivity contribution >= 4 is 5.91 Å². The number of amides is 1. The third-order valence-corrected chi connectivity index (χ3v) is 4.86. The standard InChI is InChI=1S/C19H25N3O2/c1-13-6-8-14(9-7-13)18-22-15(12-24-18)11-21-17(23)16-5-3-4-10-19(16,2)20/h6-9,12,16H,3-5,10-11,20H2,1-2H3,(H,21,23). The van der Waals surface area contributed by atoms with E-state index in [1.165, 1.54) is 5.56 Å². The summed E-state index contributed by atoms with van der Waals surface area (Å²) in [7, 11) is 0. The molecule has 0 saturated heterocycles. The average molecular weight is 327 g/mol. The molecule has 1 aromatic heterocycles. The number of aromatic nitrogens is 1. The van der Waals surface area contributed by atoms with Crippen LogP contribution in [0.1, 0.15) is 43.9 Å². The van der Waals surface area contributed by atoms with Crippen LogP contribution in [0.3, 0.4) is 0 Å². The topological polar surface area (TPSA) is 81.2 Å². The summed E-state index contributed by atoms with van der Waals surface area (Å²) in [5.74, 6) is 0.454. The van der Waals surface area contributed by atoms with E-state index in [9.17, 15) is 4.79 Å². The number of oxazole rings is 1.